The van der Waals surface area contributed by atoms with Gasteiger partial charge in [-0.2, -0.15) is 0 Å². The van der Waals surface area contributed by atoms with Crippen molar-refractivity contribution in [2.75, 3.05) is 5.75 Å². The van der Waals surface area contributed by atoms with E-state index < -0.39 is 0 Å². The topological polar surface area (TPSA) is 95.2 Å². The van der Waals surface area contributed by atoms with Crippen LogP contribution in [0, 0.1) is 0 Å². The van der Waals surface area contributed by atoms with E-state index >= 15 is 0 Å². The Bertz CT molecular complexity index is 870. The molecule has 3 heterocycles. The summed E-state index contributed by atoms with van der Waals surface area (Å²) in [6, 6.07) is 3.76. The summed E-state index contributed by atoms with van der Waals surface area (Å²) in [5.41, 5.74) is 8.96. The number of thioether (sulfide) groups is 1. The van der Waals surface area contributed by atoms with E-state index in [1.807, 2.05) is 12.1 Å². The lowest BCUT2D eigenvalue weighted by Crippen LogP contribution is -2.13. The SMILES string of the molecule is NC(=O)CSc1noc2nc(-c3ccco3)c3c(c12)CCCC3. The van der Waals surface area contributed by atoms with Crippen molar-refractivity contribution in [2.45, 2.75) is 30.7 Å². The van der Waals surface area contributed by atoms with Gasteiger partial charge in [0.05, 0.1) is 17.4 Å². The third kappa shape index (κ3) is 2.50. The maximum Gasteiger partial charge on any atom is 0.259 e. The van der Waals surface area contributed by atoms with Gasteiger partial charge in [0.25, 0.3) is 5.71 Å². The van der Waals surface area contributed by atoms with Crippen LogP contribution in [0.1, 0.15) is 24.0 Å². The van der Waals surface area contributed by atoms with E-state index in [0.29, 0.717) is 10.7 Å². The fourth-order valence-electron chi connectivity index (χ4n) is 3.07. The minimum absolute atomic E-state index is 0.177. The molecule has 1 amide bonds. The van der Waals surface area contributed by atoms with Crippen LogP contribution in [-0.4, -0.2) is 21.8 Å². The molecule has 118 valence electrons. The predicted molar refractivity (Wildman–Crippen MR) is 86.1 cm³/mol. The largest absolute Gasteiger partial charge is 0.463 e. The number of carbonyl (C=O) groups excluding carboxylic acids is 1. The standard InChI is InChI=1S/C16H15N3O3S/c17-12(20)8-23-16-13-9-4-1-2-5-10(9)14(11-6-3-7-21-11)18-15(13)22-19-16/h3,6-7H,1-2,4-5,8H2,(H2,17,20). The molecule has 3 aromatic rings. The monoisotopic (exact) mass is 329 g/mol. The number of hydrogen-bond acceptors (Lipinski definition) is 6. The summed E-state index contributed by atoms with van der Waals surface area (Å²) in [4.78, 5) is 15.7. The van der Waals surface area contributed by atoms with E-state index in [1.54, 1.807) is 6.26 Å². The summed E-state index contributed by atoms with van der Waals surface area (Å²) in [6.45, 7) is 0. The van der Waals surface area contributed by atoms with Crippen LogP contribution < -0.4 is 5.73 Å². The number of primary amides is 1. The Labute approximate surface area is 136 Å². The molecule has 0 bridgehead atoms. The van der Waals surface area contributed by atoms with E-state index in [9.17, 15) is 4.79 Å². The quantitative estimate of drug-likeness (QED) is 0.739. The number of amides is 1. The van der Waals surface area contributed by atoms with Crippen LogP contribution in [0.2, 0.25) is 0 Å². The van der Waals surface area contributed by atoms with Gasteiger partial charge in [0.1, 0.15) is 10.7 Å². The van der Waals surface area contributed by atoms with Crippen LogP contribution in [0.4, 0.5) is 0 Å². The van der Waals surface area contributed by atoms with Crippen molar-refractivity contribution in [2.24, 2.45) is 5.73 Å². The Morgan fingerprint density at radius 2 is 2.13 bits per heavy atom. The molecular formula is C16H15N3O3S. The molecule has 23 heavy (non-hydrogen) atoms. The number of nitrogens with zero attached hydrogens (tertiary/aromatic N) is 2. The maximum absolute atomic E-state index is 11.0. The second-order valence-electron chi connectivity index (χ2n) is 5.52. The molecule has 1 aliphatic carbocycles. The second kappa shape index (κ2) is 5.73. The van der Waals surface area contributed by atoms with Crippen LogP contribution in [-0.2, 0) is 17.6 Å². The summed E-state index contributed by atoms with van der Waals surface area (Å²) >= 11 is 1.30. The number of furan rings is 1. The molecule has 4 rings (SSSR count). The molecule has 7 heteroatoms. The van der Waals surface area contributed by atoms with Crippen molar-refractivity contribution in [3.05, 3.63) is 29.5 Å². The summed E-state index contributed by atoms with van der Waals surface area (Å²) in [5.74, 6) is 0.545. The summed E-state index contributed by atoms with van der Waals surface area (Å²) in [5, 5.41) is 5.69. The van der Waals surface area contributed by atoms with Crippen LogP contribution in [0.5, 0.6) is 0 Å². The van der Waals surface area contributed by atoms with Gasteiger partial charge < -0.3 is 14.7 Å². The fraction of sp³-hybridized carbons (Fsp3) is 0.312. The van der Waals surface area contributed by atoms with Gasteiger partial charge in [-0.05, 0) is 48.9 Å². The lowest BCUT2D eigenvalue weighted by molar-refractivity contribution is -0.115. The first kappa shape index (κ1) is 14.3. The minimum Gasteiger partial charge on any atom is -0.463 e. The number of rotatable bonds is 4. The summed E-state index contributed by atoms with van der Waals surface area (Å²) in [6.07, 6.45) is 5.80. The van der Waals surface area contributed by atoms with E-state index in [0.717, 1.165) is 42.5 Å². The lowest BCUT2D eigenvalue weighted by Gasteiger charge is -2.18. The molecule has 0 spiro atoms. The zero-order chi connectivity index (χ0) is 15.8. The van der Waals surface area contributed by atoms with Gasteiger partial charge in [-0.1, -0.05) is 16.9 Å². The molecule has 6 nitrogen and oxygen atoms in total. The smallest absolute Gasteiger partial charge is 0.259 e. The lowest BCUT2D eigenvalue weighted by atomic mass is 9.88. The molecule has 3 aromatic heterocycles. The van der Waals surface area contributed by atoms with Crippen LogP contribution >= 0.6 is 11.8 Å². The van der Waals surface area contributed by atoms with Crippen LogP contribution in [0.25, 0.3) is 22.6 Å². The van der Waals surface area contributed by atoms with Crippen LogP contribution in [0.15, 0.2) is 32.4 Å². The van der Waals surface area contributed by atoms with E-state index in [1.165, 1.54) is 22.9 Å². The van der Waals surface area contributed by atoms with Gasteiger partial charge >= 0.3 is 0 Å². The Morgan fingerprint density at radius 3 is 2.87 bits per heavy atom. The first-order valence-electron chi connectivity index (χ1n) is 7.50. The third-order valence-electron chi connectivity index (χ3n) is 4.02. The second-order valence-corrected chi connectivity index (χ2v) is 6.49. The number of aryl methyl sites for hydroxylation is 1. The molecular weight excluding hydrogens is 314 g/mol. The van der Waals surface area contributed by atoms with Crippen molar-refractivity contribution < 1.29 is 13.7 Å². The molecule has 0 radical (unpaired) electrons. The maximum atomic E-state index is 11.0. The average molecular weight is 329 g/mol. The van der Waals surface area contributed by atoms with Crippen molar-refractivity contribution >= 4 is 28.8 Å². The first-order chi connectivity index (χ1) is 11.2. The number of aromatic nitrogens is 2. The first-order valence-corrected chi connectivity index (χ1v) is 8.48. The molecule has 0 saturated heterocycles. The zero-order valence-corrected chi connectivity index (χ0v) is 13.2. The van der Waals surface area contributed by atoms with Crippen molar-refractivity contribution in [3.8, 4) is 11.5 Å². The van der Waals surface area contributed by atoms with Crippen LogP contribution in [0.3, 0.4) is 0 Å². The van der Waals surface area contributed by atoms with Crippen molar-refractivity contribution in [1.82, 2.24) is 10.1 Å². The Morgan fingerprint density at radius 1 is 1.30 bits per heavy atom. The highest BCUT2D eigenvalue weighted by Crippen LogP contribution is 2.38. The van der Waals surface area contributed by atoms with Gasteiger partial charge in [0, 0.05) is 0 Å². The number of carbonyl (C=O) groups is 1. The predicted octanol–water partition coefficient (Wildman–Crippen LogP) is 2.94. The van der Waals surface area contributed by atoms with Gasteiger partial charge in [-0.25, -0.2) is 4.98 Å². The number of hydrogen-bond donors (Lipinski definition) is 1. The van der Waals surface area contributed by atoms with Crippen molar-refractivity contribution in [3.63, 3.8) is 0 Å². The van der Waals surface area contributed by atoms with E-state index in [-0.39, 0.29) is 11.7 Å². The Hall–Kier alpha value is -2.28. The Balaban J connectivity index is 1.90. The molecule has 0 atom stereocenters. The highest BCUT2D eigenvalue weighted by Gasteiger charge is 2.25. The van der Waals surface area contributed by atoms with Gasteiger partial charge in [0.15, 0.2) is 5.76 Å². The van der Waals surface area contributed by atoms with Crippen molar-refractivity contribution in [1.29, 1.82) is 0 Å². The molecule has 0 aromatic carbocycles. The number of nitrogens with two attached hydrogens (primary N) is 1. The van der Waals surface area contributed by atoms with Gasteiger partial charge in [0.2, 0.25) is 5.91 Å². The van der Waals surface area contributed by atoms with Gasteiger partial charge in [-0.15, -0.1) is 0 Å². The summed E-state index contributed by atoms with van der Waals surface area (Å²) < 4.78 is 10.9. The Kier molecular flexibility index (Phi) is 3.57. The fourth-order valence-corrected chi connectivity index (χ4v) is 3.79. The summed E-state index contributed by atoms with van der Waals surface area (Å²) in [7, 11) is 0. The molecule has 2 N–H and O–H groups in total. The minimum atomic E-state index is -0.375. The van der Waals surface area contributed by atoms with E-state index in [4.69, 9.17) is 14.7 Å². The highest BCUT2D eigenvalue weighted by atomic mass is 32.2. The normalized spacial score (nSPS) is 14.1. The highest BCUT2D eigenvalue weighted by molar-refractivity contribution is 8.00. The van der Waals surface area contributed by atoms with Gasteiger partial charge in [-0.3, -0.25) is 4.79 Å². The number of pyridine rings is 1. The third-order valence-corrected chi connectivity index (χ3v) is 5.00. The molecule has 0 unspecified atom stereocenters. The number of fused-ring (bicyclic) bond motifs is 3. The molecule has 1 aliphatic rings. The molecule has 0 saturated carbocycles. The molecule has 0 aliphatic heterocycles. The zero-order valence-electron chi connectivity index (χ0n) is 12.4. The van der Waals surface area contributed by atoms with E-state index in [2.05, 4.69) is 10.1 Å². The average Bonchev–Trinajstić information content (AvgIpc) is 3.21. The molecule has 0 fully saturated rings.